The number of benzene rings is 2. The first-order valence-electron chi connectivity index (χ1n) is 8.15. The predicted octanol–water partition coefficient (Wildman–Crippen LogP) is 3.12. The van der Waals surface area contributed by atoms with Crippen LogP contribution in [0.5, 0.6) is 17.2 Å². The maximum absolute atomic E-state index is 12.4. The standard InChI is InChI=1S/C19H21ClN2O5/c1-12(23)22-15-10-13(11-17(25-2)18(15)26-3)19(24)21-8-9-27-16-7-5-4-6-14(16)20/h4-7,10-11H,8-9H2,1-3H3,(H,21,24)(H,22,23). The largest absolute Gasteiger partial charge is 0.493 e. The summed E-state index contributed by atoms with van der Waals surface area (Å²) in [4.78, 5) is 23.8. The van der Waals surface area contributed by atoms with Crippen LogP contribution in [0, 0.1) is 0 Å². The second kappa shape index (κ2) is 9.68. The highest BCUT2D eigenvalue weighted by molar-refractivity contribution is 6.32. The molecule has 0 aliphatic rings. The van der Waals surface area contributed by atoms with Crippen molar-refractivity contribution in [2.45, 2.75) is 6.92 Å². The molecule has 2 aromatic rings. The number of amides is 2. The van der Waals surface area contributed by atoms with Crippen LogP contribution in [-0.2, 0) is 4.79 Å². The van der Waals surface area contributed by atoms with Crippen molar-refractivity contribution < 1.29 is 23.8 Å². The second-order valence-corrected chi connectivity index (χ2v) is 5.88. The van der Waals surface area contributed by atoms with Gasteiger partial charge in [0.25, 0.3) is 5.91 Å². The number of nitrogens with one attached hydrogen (secondary N) is 2. The molecule has 27 heavy (non-hydrogen) atoms. The van der Waals surface area contributed by atoms with Gasteiger partial charge in [-0.25, -0.2) is 0 Å². The molecule has 0 saturated heterocycles. The minimum absolute atomic E-state index is 0.251. The first-order chi connectivity index (χ1) is 13.0. The number of halogens is 1. The van der Waals surface area contributed by atoms with Gasteiger partial charge in [-0.1, -0.05) is 23.7 Å². The third kappa shape index (κ3) is 5.52. The van der Waals surface area contributed by atoms with Gasteiger partial charge in [0.2, 0.25) is 5.91 Å². The molecule has 0 fully saturated rings. The fourth-order valence-corrected chi connectivity index (χ4v) is 2.56. The molecule has 0 saturated carbocycles. The molecule has 0 aromatic heterocycles. The van der Waals surface area contributed by atoms with Crippen LogP contribution < -0.4 is 24.8 Å². The van der Waals surface area contributed by atoms with Crippen molar-refractivity contribution >= 4 is 29.1 Å². The number of carbonyl (C=O) groups is 2. The number of methoxy groups -OCH3 is 2. The lowest BCUT2D eigenvalue weighted by Crippen LogP contribution is -2.28. The van der Waals surface area contributed by atoms with Gasteiger partial charge in [0, 0.05) is 12.5 Å². The number of para-hydroxylation sites is 1. The van der Waals surface area contributed by atoms with Crippen molar-refractivity contribution in [1.82, 2.24) is 5.32 Å². The molecule has 0 aliphatic carbocycles. The Morgan fingerprint density at radius 1 is 1.07 bits per heavy atom. The third-order valence-corrected chi connectivity index (χ3v) is 3.85. The molecule has 2 amide bonds. The summed E-state index contributed by atoms with van der Waals surface area (Å²) in [5, 5.41) is 5.87. The van der Waals surface area contributed by atoms with Crippen LogP contribution >= 0.6 is 11.6 Å². The van der Waals surface area contributed by atoms with E-state index < -0.39 is 0 Å². The van der Waals surface area contributed by atoms with E-state index in [2.05, 4.69) is 10.6 Å². The van der Waals surface area contributed by atoms with Gasteiger partial charge < -0.3 is 24.8 Å². The molecule has 0 atom stereocenters. The van der Waals surface area contributed by atoms with Gasteiger partial charge in [-0.3, -0.25) is 9.59 Å². The summed E-state index contributed by atoms with van der Waals surface area (Å²) in [7, 11) is 2.91. The molecular formula is C19H21ClN2O5. The zero-order valence-corrected chi connectivity index (χ0v) is 16.1. The van der Waals surface area contributed by atoms with Crippen molar-refractivity contribution in [1.29, 1.82) is 0 Å². The van der Waals surface area contributed by atoms with E-state index in [0.717, 1.165) is 0 Å². The Hall–Kier alpha value is -2.93. The highest BCUT2D eigenvalue weighted by atomic mass is 35.5. The van der Waals surface area contributed by atoms with Crippen LogP contribution in [0.4, 0.5) is 5.69 Å². The molecular weight excluding hydrogens is 372 g/mol. The summed E-state index contributed by atoms with van der Waals surface area (Å²) in [5.41, 5.74) is 0.663. The number of anilines is 1. The molecule has 8 heteroatoms. The normalized spacial score (nSPS) is 10.1. The number of ether oxygens (including phenoxy) is 3. The first-order valence-corrected chi connectivity index (χ1v) is 8.53. The van der Waals surface area contributed by atoms with E-state index in [1.165, 1.54) is 33.3 Å². The Labute approximate surface area is 162 Å². The summed E-state index contributed by atoms with van der Waals surface area (Å²) < 4.78 is 16.0. The fraction of sp³-hybridized carbons (Fsp3) is 0.263. The lowest BCUT2D eigenvalue weighted by molar-refractivity contribution is -0.114. The summed E-state index contributed by atoms with van der Waals surface area (Å²) in [6, 6.07) is 10.1. The minimum Gasteiger partial charge on any atom is -0.493 e. The smallest absolute Gasteiger partial charge is 0.251 e. The van der Waals surface area contributed by atoms with Crippen LogP contribution in [-0.4, -0.2) is 39.2 Å². The van der Waals surface area contributed by atoms with Gasteiger partial charge in [0.1, 0.15) is 12.4 Å². The molecule has 0 unspecified atom stereocenters. The van der Waals surface area contributed by atoms with Gasteiger partial charge >= 0.3 is 0 Å². The van der Waals surface area contributed by atoms with E-state index in [4.69, 9.17) is 25.8 Å². The monoisotopic (exact) mass is 392 g/mol. The zero-order valence-electron chi connectivity index (χ0n) is 15.3. The van der Waals surface area contributed by atoms with E-state index >= 15 is 0 Å². The summed E-state index contributed by atoms with van der Waals surface area (Å²) in [6.45, 7) is 1.89. The van der Waals surface area contributed by atoms with Gasteiger partial charge in [0.15, 0.2) is 11.5 Å². The van der Waals surface area contributed by atoms with E-state index in [1.54, 1.807) is 18.2 Å². The van der Waals surface area contributed by atoms with Crippen molar-refractivity contribution in [2.24, 2.45) is 0 Å². The van der Waals surface area contributed by atoms with Crippen molar-refractivity contribution in [3.8, 4) is 17.2 Å². The Kier molecular flexibility index (Phi) is 7.31. The number of rotatable bonds is 8. The average molecular weight is 393 g/mol. The topological polar surface area (TPSA) is 85.9 Å². The zero-order chi connectivity index (χ0) is 19.8. The number of hydrogen-bond acceptors (Lipinski definition) is 5. The van der Waals surface area contributed by atoms with E-state index in [9.17, 15) is 9.59 Å². The van der Waals surface area contributed by atoms with Crippen LogP contribution in [0.15, 0.2) is 36.4 Å². The molecule has 0 bridgehead atoms. The van der Waals surface area contributed by atoms with Crippen molar-refractivity contribution in [3.05, 3.63) is 47.0 Å². The first kappa shape index (κ1) is 20.4. The highest BCUT2D eigenvalue weighted by Crippen LogP contribution is 2.36. The Morgan fingerprint density at radius 3 is 2.44 bits per heavy atom. The Morgan fingerprint density at radius 2 is 1.81 bits per heavy atom. The average Bonchev–Trinajstić information content (AvgIpc) is 2.65. The number of hydrogen-bond donors (Lipinski definition) is 2. The SMILES string of the molecule is COc1cc(C(=O)NCCOc2ccccc2Cl)cc(NC(C)=O)c1OC. The van der Waals surface area contributed by atoms with Gasteiger partial charge in [-0.2, -0.15) is 0 Å². The highest BCUT2D eigenvalue weighted by Gasteiger charge is 2.17. The molecule has 2 aromatic carbocycles. The second-order valence-electron chi connectivity index (χ2n) is 5.48. The summed E-state index contributed by atoms with van der Waals surface area (Å²) >= 11 is 6.01. The quantitative estimate of drug-likeness (QED) is 0.674. The van der Waals surface area contributed by atoms with Gasteiger partial charge in [-0.05, 0) is 24.3 Å². The molecule has 144 valence electrons. The van der Waals surface area contributed by atoms with Crippen LogP contribution in [0.1, 0.15) is 17.3 Å². The van der Waals surface area contributed by atoms with Crippen LogP contribution in [0.2, 0.25) is 5.02 Å². The fourth-order valence-electron chi connectivity index (χ4n) is 2.37. The molecule has 2 rings (SSSR count). The molecule has 0 aliphatic heterocycles. The van der Waals surface area contributed by atoms with E-state index in [0.29, 0.717) is 33.5 Å². The van der Waals surface area contributed by atoms with Crippen LogP contribution in [0.25, 0.3) is 0 Å². The summed E-state index contributed by atoms with van der Waals surface area (Å²) in [6.07, 6.45) is 0. The Balaban J connectivity index is 2.04. The number of carbonyl (C=O) groups excluding carboxylic acids is 2. The maximum Gasteiger partial charge on any atom is 0.251 e. The minimum atomic E-state index is -0.342. The van der Waals surface area contributed by atoms with Gasteiger partial charge in [0.05, 0.1) is 31.5 Å². The van der Waals surface area contributed by atoms with Gasteiger partial charge in [-0.15, -0.1) is 0 Å². The third-order valence-electron chi connectivity index (χ3n) is 3.53. The molecule has 0 spiro atoms. The maximum atomic E-state index is 12.4. The molecule has 7 nitrogen and oxygen atoms in total. The molecule has 0 radical (unpaired) electrons. The Bertz CT molecular complexity index is 826. The van der Waals surface area contributed by atoms with E-state index in [1.807, 2.05) is 6.07 Å². The van der Waals surface area contributed by atoms with Crippen molar-refractivity contribution in [3.63, 3.8) is 0 Å². The molecule has 0 heterocycles. The lowest BCUT2D eigenvalue weighted by atomic mass is 10.1. The molecule has 2 N–H and O–H groups in total. The van der Waals surface area contributed by atoms with Crippen molar-refractivity contribution in [2.75, 3.05) is 32.7 Å². The predicted molar refractivity (Wildman–Crippen MR) is 103 cm³/mol. The van der Waals surface area contributed by atoms with Crippen LogP contribution in [0.3, 0.4) is 0 Å². The summed E-state index contributed by atoms with van der Waals surface area (Å²) in [5.74, 6) is 0.589. The lowest BCUT2D eigenvalue weighted by Gasteiger charge is -2.15. The van der Waals surface area contributed by atoms with E-state index in [-0.39, 0.29) is 25.0 Å².